The Morgan fingerprint density at radius 3 is 2.62 bits per heavy atom. The summed E-state index contributed by atoms with van der Waals surface area (Å²) in [5, 5.41) is 15.4. The number of hydrogen-bond acceptors (Lipinski definition) is 6. The summed E-state index contributed by atoms with van der Waals surface area (Å²) in [5.41, 5.74) is 0.547. The van der Waals surface area contributed by atoms with Gasteiger partial charge < -0.3 is 9.64 Å². The molecule has 1 aliphatic heterocycles. The van der Waals surface area contributed by atoms with Gasteiger partial charge in [-0.2, -0.15) is 0 Å². The number of rotatable bonds is 6. The Labute approximate surface area is 171 Å². The third-order valence-corrected chi connectivity index (χ3v) is 5.27. The van der Waals surface area contributed by atoms with Crippen LogP contribution in [0.25, 0.3) is 0 Å². The highest BCUT2D eigenvalue weighted by Crippen LogP contribution is 2.27. The monoisotopic (exact) mass is 425 g/mol. The quantitative estimate of drug-likeness (QED) is 0.521. The van der Waals surface area contributed by atoms with Crippen LogP contribution in [0.4, 0.5) is 10.1 Å². The molecule has 1 aromatic carbocycles. The predicted molar refractivity (Wildman–Crippen MR) is 103 cm³/mol. The Balaban J connectivity index is 1.60. The highest BCUT2D eigenvalue weighted by atomic mass is 35.5. The standard InChI is InChI=1S/C18H21ClFN5O4/c1-12(24-11-16(25(27)28)17(21-24)29-2)18(26)23-7-5-22(6-8-23)10-13-3-4-14(20)9-15(13)19/h3-4,9,11-12H,5-8,10H2,1-2H3. The summed E-state index contributed by atoms with van der Waals surface area (Å²) in [6, 6.07) is 3.63. The first-order valence-electron chi connectivity index (χ1n) is 9.02. The second kappa shape index (κ2) is 8.75. The van der Waals surface area contributed by atoms with Crippen molar-refractivity contribution >= 4 is 23.2 Å². The van der Waals surface area contributed by atoms with Crippen LogP contribution in [0.3, 0.4) is 0 Å². The van der Waals surface area contributed by atoms with Gasteiger partial charge in [0.2, 0.25) is 5.91 Å². The molecule has 156 valence electrons. The van der Waals surface area contributed by atoms with E-state index in [4.69, 9.17) is 16.3 Å². The molecule has 0 aliphatic carbocycles. The molecule has 9 nitrogen and oxygen atoms in total. The number of ether oxygens (including phenoxy) is 1. The number of piperazine rings is 1. The van der Waals surface area contributed by atoms with Gasteiger partial charge in [0.1, 0.15) is 18.1 Å². The number of hydrogen-bond donors (Lipinski definition) is 0. The van der Waals surface area contributed by atoms with Crippen molar-refractivity contribution in [2.45, 2.75) is 19.5 Å². The topological polar surface area (TPSA) is 93.7 Å². The van der Waals surface area contributed by atoms with Gasteiger partial charge in [0.15, 0.2) is 0 Å². The molecular formula is C18H21ClFN5O4. The molecule has 3 rings (SSSR count). The molecule has 2 heterocycles. The number of benzene rings is 1. The van der Waals surface area contributed by atoms with E-state index in [-0.39, 0.29) is 23.3 Å². The number of amides is 1. The van der Waals surface area contributed by atoms with Crippen molar-refractivity contribution in [2.75, 3.05) is 33.3 Å². The highest BCUT2D eigenvalue weighted by Gasteiger charge is 2.29. The molecule has 1 unspecified atom stereocenters. The summed E-state index contributed by atoms with van der Waals surface area (Å²) in [6.45, 7) is 4.48. The lowest BCUT2D eigenvalue weighted by atomic mass is 10.2. The lowest BCUT2D eigenvalue weighted by Gasteiger charge is -2.36. The second-order valence-electron chi connectivity index (χ2n) is 6.77. The van der Waals surface area contributed by atoms with Crippen LogP contribution in [0.2, 0.25) is 5.02 Å². The summed E-state index contributed by atoms with van der Waals surface area (Å²) in [7, 11) is 1.29. The molecule has 29 heavy (non-hydrogen) atoms. The Morgan fingerprint density at radius 1 is 1.38 bits per heavy atom. The normalized spacial score (nSPS) is 15.9. The molecule has 1 fully saturated rings. The number of methoxy groups -OCH3 is 1. The molecule has 1 saturated heterocycles. The summed E-state index contributed by atoms with van der Waals surface area (Å²) >= 11 is 6.09. The van der Waals surface area contributed by atoms with Gasteiger partial charge in [-0.15, -0.1) is 5.10 Å². The summed E-state index contributed by atoms with van der Waals surface area (Å²) < 4.78 is 19.3. The predicted octanol–water partition coefficient (Wildman–Crippen LogP) is 2.50. The zero-order valence-electron chi connectivity index (χ0n) is 16.0. The molecular weight excluding hydrogens is 405 g/mol. The lowest BCUT2D eigenvalue weighted by Crippen LogP contribution is -2.50. The minimum atomic E-state index is -0.698. The van der Waals surface area contributed by atoms with E-state index < -0.39 is 11.0 Å². The first-order chi connectivity index (χ1) is 13.8. The summed E-state index contributed by atoms with van der Waals surface area (Å²) in [5.74, 6) is -0.682. The van der Waals surface area contributed by atoms with E-state index >= 15 is 0 Å². The third-order valence-electron chi connectivity index (χ3n) is 4.92. The Kier molecular flexibility index (Phi) is 6.33. The maximum Gasteiger partial charge on any atom is 0.350 e. The molecule has 11 heteroatoms. The third kappa shape index (κ3) is 4.65. The zero-order chi connectivity index (χ0) is 21.1. The van der Waals surface area contributed by atoms with Crippen LogP contribution in [0, 0.1) is 15.9 Å². The Bertz CT molecular complexity index is 914. The largest absolute Gasteiger partial charge is 0.475 e. The lowest BCUT2D eigenvalue weighted by molar-refractivity contribution is -0.385. The number of aromatic nitrogens is 2. The van der Waals surface area contributed by atoms with Gasteiger partial charge in [0.25, 0.3) is 0 Å². The van der Waals surface area contributed by atoms with Crippen molar-refractivity contribution in [1.82, 2.24) is 19.6 Å². The van der Waals surface area contributed by atoms with Crippen LogP contribution in [0.5, 0.6) is 5.88 Å². The van der Waals surface area contributed by atoms with Gasteiger partial charge in [0, 0.05) is 37.7 Å². The summed E-state index contributed by atoms with van der Waals surface area (Å²) in [6.07, 6.45) is 1.20. The van der Waals surface area contributed by atoms with E-state index in [9.17, 15) is 19.3 Å². The SMILES string of the molecule is COc1nn(C(C)C(=O)N2CCN(Cc3ccc(F)cc3Cl)CC2)cc1[N+](=O)[O-]. The molecule has 0 spiro atoms. The van der Waals surface area contributed by atoms with Crippen LogP contribution in [-0.2, 0) is 11.3 Å². The molecule has 1 aromatic heterocycles. The van der Waals surface area contributed by atoms with Crippen LogP contribution >= 0.6 is 11.6 Å². The average Bonchev–Trinajstić information content (AvgIpc) is 3.14. The van der Waals surface area contributed by atoms with Gasteiger partial charge in [-0.05, 0) is 24.6 Å². The highest BCUT2D eigenvalue weighted by molar-refractivity contribution is 6.31. The van der Waals surface area contributed by atoms with Crippen molar-refractivity contribution in [3.8, 4) is 5.88 Å². The van der Waals surface area contributed by atoms with Gasteiger partial charge in [0.05, 0.1) is 12.0 Å². The van der Waals surface area contributed by atoms with Gasteiger partial charge in [-0.3, -0.25) is 19.8 Å². The van der Waals surface area contributed by atoms with E-state index in [0.717, 1.165) is 5.56 Å². The van der Waals surface area contributed by atoms with E-state index in [0.29, 0.717) is 37.7 Å². The summed E-state index contributed by atoms with van der Waals surface area (Å²) in [4.78, 5) is 27.1. The molecule has 2 aromatic rings. The van der Waals surface area contributed by atoms with Crippen molar-refractivity contribution in [3.05, 3.63) is 50.9 Å². The number of carbonyl (C=O) groups is 1. The van der Waals surface area contributed by atoms with Gasteiger partial charge in [-0.25, -0.2) is 9.07 Å². The number of halogens is 2. The molecule has 0 radical (unpaired) electrons. The van der Waals surface area contributed by atoms with Gasteiger partial charge in [-0.1, -0.05) is 17.7 Å². The van der Waals surface area contributed by atoms with E-state index in [1.165, 1.54) is 30.1 Å². The fourth-order valence-corrected chi connectivity index (χ4v) is 3.46. The minimum Gasteiger partial charge on any atom is -0.475 e. The average molecular weight is 426 g/mol. The zero-order valence-corrected chi connectivity index (χ0v) is 16.8. The van der Waals surface area contributed by atoms with E-state index in [1.54, 1.807) is 17.9 Å². The number of nitrogens with zero attached hydrogens (tertiary/aromatic N) is 5. The second-order valence-corrected chi connectivity index (χ2v) is 7.18. The molecule has 1 aliphatic rings. The molecule has 1 amide bonds. The Hall–Kier alpha value is -2.72. The van der Waals surface area contributed by atoms with Crippen LogP contribution in [-0.4, -0.2) is 63.7 Å². The van der Waals surface area contributed by atoms with Crippen molar-refractivity contribution < 1.29 is 18.8 Å². The Morgan fingerprint density at radius 2 is 2.07 bits per heavy atom. The van der Waals surface area contributed by atoms with E-state index in [1.807, 2.05) is 0 Å². The number of nitro groups is 1. The number of carbonyl (C=O) groups excluding carboxylic acids is 1. The van der Waals surface area contributed by atoms with Crippen molar-refractivity contribution in [3.63, 3.8) is 0 Å². The van der Waals surface area contributed by atoms with Crippen molar-refractivity contribution in [1.29, 1.82) is 0 Å². The fraction of sp³-hybridized carbons (Fsp3) is 0.444. The maximum absolute atomic E-state index is 13.2. The first-order valence-corrected chi connectivity index (χ1v) is 9.40. The minimum absolute atomic E-state index is 0.129. The fourth-order valence-electron chi connectivity index (χ4n) is 3.23. The first kappa shape index (κ1) is 21.0. The maximum atomic E-state index is 13.2. The molecule has 1 atom stereocenters. The molecule has 0 N–H and O–H groups in total. The van der Waals surface area contributed by atoms with Crippen molar-refractivity contribution in [2.24, 2.45) is 0 Å². The van der Waals surface area contributed by atoms with E-state index in [2.05, 4.69) is 10.00 Å². The van der Waals surface area contributed by atoms with Crippen LogP contribution in [0.15, 0.2) is 24.4 Å². The molecule has 0 saturated carbocycles. The van der Waals surface area contributed by atoms with Gasteiger partial charge >= 0.3 is 11.6 Å². The smallest absolute Gasteiger partial charge is 0.350 e. The van der Waals surface area contributed by atoms with Crippen LogP contribution < -0.4 is 4.74 Å². The molecule has 0 bridgehead atoms. The van der Waals surface area contributed by atoms with Crippen LogP contribution in [0.1, 0.15) is 18.5 Å².